The molecule has 1 saturated heterocycles. The second-order valence-corrected chi connectivity index (χ2v) is 9.52. The zero-order chi connectivity index (χ0) is 24.4. The number of benzene rings is 3. The SMILES string of the molecule is Cc1cc(C)c2oc(-c3ccc(C(=O)NC4CCN(Cc5ccccc5)CC4)cc3)cc(=O)c2c1. The van der Waals surface area contributed by atoms with Crippen molar-refractivity contribution >= 4 is 16.9 Å². The smallest absolute Gasteiger partial charge is 0.251 e. The normalized spacial score (nSPS) is 14.8. The molecule has 3 aromatic carbocycles. The number of fused-ring (bicyclic) bond motifs is 1. The van der Waals surface area contributed by atoms with Crippen LogP contribution in [0.4, 0.5) is 0 Å². The van der Waals surface area contributed by atoms with Gasteiger partial charge >= 0.3 is 0 Å². The van der Waals surface area contributed by atoms with Crippen molar-refractivity contribution in [1.29, 1.82) is 0 Å². The van der Waals surface area contributed by atoms with Crippen LogP contribution in [0.2, 0.25) is 0 Å². The van der Waals surface area contributed by atoms with E-state index in [1.807, 2.05) is 44.2 Å². The molecule has 1 N–H and O–H groups in total. The number of carbonyl (C=O) groups is 1. The fraction of sp³-hybridized carbons (Fsp3) is 0.267. The van der Waals surface area contributed by atoms with Crippen molar-refractivity contribution in [2.45, 2.75) is 39.3 Å². The molecule has 2 heterocycles. The lowest BCUT2D eigenvalue weighted by Crippen LogP contribution is -2.44. The molecule has 0 spiro atoms. The van der Waals surface area contributed by atoms with Gasteiger partial charge in [-0.3, -0.25) is 14.5 Å². The van der Waals surface area contributed by atoms with Crippen LogP contribution in [0.15, 0.2) is 82.0 Å². The highest BCUT2D eigenvalue weighted by Crippen LogP contribution is 2.25. The molecule has 5 nitrogen and oxygen atoms in total. The topological polar surface area (TPSA) is 62.6 Å². The molecule has 1 amide bonds. The molecule has 1 fully saturated rings. The minimum Gasteiger partial charge on any atom is -0.456 e. The average molecular weight is 467 g/mol. The molecule has 0 saturated carbocycles. The van der Waals surface area contributed by atoms with Crippen LogP contribution in [0.1, 0.15) is 39.9 Å². The highest BCUT2D eigenvalue weighted by molar-refractivity contribution is 5.95. The van der Waals surface area contributed by atoms with E-state index >= 15 is 0 Å². The lowest BCUT2D eigenvalue weighted by molar-refractivity contribution is 0.0909. The monoisotopic (exact) mass is 466 g/mol. The maximum Gasteiger partial charge on any atom is 0.251 e. The number of likely N-dealkylation sites (tertiary alicyclic amines) is 1. The number of nitrogens with zero attached hydrogens (tertiary/aromatic N) is 1. The summed E-state index contributed by atoms with van der Waals surface area (Å²) in [5, 5.41) is 3.78. The molecule has 0 unspecified atom stereocenters. The van der Waals surface area contributed by atoms with Gasteiger partial charge in [-0.2, -0.15) is 0 Å². The van der Waals surface area contributed by atoms with Gasteiger partial charge in [0.2, 0.25) is 0 Å². The lowest BCUT2D eigenvalue weighted by atomic mass is 10.0. The number of piperidine rings is 1. The molecular formula is C30H30N2O3. The van der Waals surface area contributed by atoms with Crippen molar-refractivity contribution in [3.63, 3.8) is 0 Å². The Balaban J connectivity index is 1.22. The molecule has 5 rings (SSSR count). The van der Waals surface area contributed by atoms with Crippen LogP contribution in [0.5, 0.6) is 0 Å². The van der Waals surface area contributed by atoms with Crippen molar-refractivity contribution in [1.82, 2.24) is 10.2 Å². The van der Waals surface area contributed by atoms with Gasteiger partial charge in [0, 0.05) is 42.9 Å². The Labute approximate surface area is 205 Å². The summed E-state index contributed by atoms with van der Waals surface area (Å²) in [4.78, 5) is 27.9. The summed E-state index contributed by atoms with van der Waals surface area (Å²) in [5.41, 5.74) is 5.22. The Morgan fingerprint density at radius 3 is 2.40 bits per heavy atom. The van der Waals surface area contributed by atoms with Gasteiger partial charge in [-0.15, -0.1) is 0 Å². The highest BCUT2D eigenvalue weighted by atomic mass is 16.3. The first kappa shape index (κ1) is 23.1. The third kappa shape index (κ3) is 5.20. The van der Waals surface area contributed by atoms with Crippen molar-refractivity contribution in [2.24, 2.45) is 0 Å². The standard InChI is InChI=1S/C30H30N2O3/c1-20-16-21(2)29-26(17-20)27(33)18-28(35-29)23-8-10-24(11-9-23)30(34)31-25-12-14-32(15-13-25)19-22-6-4-3-5-7-22/h3-11,16-18,25H,12-15,19H2,1-2H3,(H,31,34). The van der Waals surface area contributed by atoms with Gasteiger partial charge in [0.1, 0.15) is 11.3 Å². The number of nitrogens with one attached hydrogen (secondary N) is 1. The van der Waals surface area contributed by atoms with Gasteiger partial charge < -0.3 is 9.73 Å². The van der Waals surface area contributed by atoms with E-state index < -0.39 is 0 Å². The molecule has 35 heavy (non-hydrogen) atoms. The maximum absolute atomic E-state index is 12.8. The summed E-state index contributed by atoms with van der Waals surface area (Å²) in [6.07, 6.45) is 1.88. The van der Waals surface area contributed by atoms with Crippen LogP contribution in [0.25, 0.3) is 22.3 Å². The van der Waals surface area contributed by atoms with E-state index in [2.05, 4.69) is 34.5 Å². The Hall–Kier alpha value is -3.70. The van der Waals surface area contributed by atoms with E-state index in [4.69, 9.17) is 4.42 Å². The van der Waals surface area contributed by atoms with Gasteiger partial charge in [0.25, 0.3) is 5.91 Å². The third-order valence-corrected chi connectivity index (χ3v) is 6.76. The molecule has 4 aromatic rings. The quantitative estimate of drug-likeness (QED) is 0.424. The summed E-state index contributed by atoms with van der Waals surface area (Å²) in [6.45, 7) is 6.81. The largest absolute Gasteiger partial charge is 0.456 e. The first-order valence-corrected chi connectivity index (χ1v) is 12.2. The van der Waals surface area contributed by atoms with Crippen LogP contribution in [0, 0.1) is 13.8 Å². The molecule has 1 aliphatic heterocycles. The Bertz CT molecular complexity index is 1400. The van der Waals surface area contributed by atoms with Crippen LogP contribution in [0.3, 0.4) is 0 Å². The van der Waals surface area contributed by atoms with Crippen LogP contribution in [-0.2, 0) is 6.54 Å². The number of aryl methyl sites for hydroxylation is 2. The minimum absolute atomic E-state index is 0.0616. The van der Waals surface area contributed by atoms with Crippen molar-refractivity contribution < 1.29 is 9.21 Å². The van der Waals surface area contributed by atoms with Crippen molar-refractivity contribution in [3.8, 4) is 11.3 Å². The van der Waals surface area contributed by atoms with Gasteiger partial charge in [0.05, 0.1) is 5.39 Å². The van der Waals surface area contributed by atoms with E-state index in [1.54, 1.807) is 12.1 Å². The molecule has 0 radical (unpaired) electrons. The maximum atomic E-state index is 12.8. The summed E-state index contributed by atoms with van der Waals surface area (Å²) < 4.78 is 6.08. The van der Waals surface area contributed by atoms with E-state index in [0.717, 1.165) is 49.2 Å². The van der Waals surface area contributed by atoms with Crippen molar-refractivity contribution in [3.05, 3.63) is 105 Å². The average Bonchev–Trinajstić information content (AvgIpc) is 2.86. The predicted octanol–water partition coefficient (Wildman–Crippen LogP) is 5.47. The number of rotatable bonds is 5. The number of amides is 1. The van der Waals surface area contributed by atoms with Gasteiger partial charge in [-0.25, -0.2) is 0 Å². The molecule has 0 bridgehead atoms. The van der Waals surface area contributed by atoms with Crippen molar-refractivity contribution in [2.75, 3.05) is 13.1 Å². The molecule has 1 aliphatic rings. The fourth-order valence-corrected chi connectivity index (χ4v) is 4.88. The first-order chi connectivity index (χ1) is 17.0. The molecule has 1 aromatic heterocycles. The third-order valence-electron chi connectivity index (χ3n) is 6.76. The van der Waals surface area contributed by atoms with Crippen LogP contribution in [-0.4, -0.2) is 29.9 Å². The molecule has 5 heteroatoms. The second kappa shape index (κ2) is 9.88. The lowest BCUT2D eigenvalue weighted by Gasteiger charge is -2.32. The van der Waals surface area contributed by atoms with Crippen LogP contribution >= 0.6 is 0 Å². The zero-order valence-electron chi connectivity index (χ0n) is 20.2. The first-order valence-electron chi connectivity index (χ1n) is 12.2. The van der Waals surface area contributed by atoms with E-state index in [1.165, 1.54) is 11.6 Å². The van der Waals surface area contributed by atoms with Gasteiger partial charge in [0.15, 0.2) is 5.43 Å². The summed E-state index contributed by atoms with van der Waals surface area (Å²) in [7, 11) is 0. The zero-order valence-corrected chi connectivity index (χ0v) is 20.2. The Morgan fingerprint density at radius 1 is 0.971 bits per heavy atom. The van der Waals surface area contributed by atoms with Gasteiger partial charge in [-0.1, -0.05) is 48.5 Å². The number of carbonyl (C=O) groups excluding carboxylic acids is 1. The molecule has 0 aliphatic carbocycles. The van der Waals surface area contributed by atoms with Crippen LogP contribution < -0.4 is 10.7 Å². The second-order valence-electron chi connectivity index (χ2n) is 9.52. The van der Waals surface area contributed by atoms with E-state index in [9.17, 15) is 9.59 Å². The van der Waals surface area contributed by atoms with E-state index in [0.29, 0.717) is 22.3 Å². The minimum atomic E-state index is -0.0654. The molecular weight excluding hydrogens is 436 g/mol. The Kier molecular flexibility index (Phi) is 6.51. The molecule has 0 atom stereocenters. The molecule has 178 valence electrons. The van der Waals surface area contributed by atoms with E-state index in [-0.39, 0.29) is 17.4 Å². The highest BCUT2D eigenvalue weighted by Gasteiger charge is 2.21. The number of hydrogen-bond donors (Lipinski definition) is 1. The summed E-state index contributed by atoms with van der Waals surface area (Å²) >= 11 is 0. The summed E-state index contributed by atoms with van der Waals surface area (Å²) in [5.74, 6) is 0.441. The Morgan fingerprint density at radius 2 is 1.69 bits per heavy atom. The predicted molar refractivity (Wildman–Crippen MR) is 140 cm³/mol. The summed E-state index contributed by atoms with van der Waals surface area (Å²) in [6, 6.07) is 23.3. The van der Waals surface area contributed by atoms with Gasteiger partial charge in [-0.05, 0) is 61.6 Å². The number of hydrogen-bond acceptors (Lipinski definition) is 4. The fourth-order valence-electron chi connectivity index (χ4n) is 4.88.